The second-order valence-corrected chi connectivity index (χ2v) is 6.25. The molecule has 4 amide bonds. The molecule has 3 aromatic rings. The minimum Gasteiger partial charge on any atom is -0.273 e. The van der Waals surface area contributed by atoms with E-state index in [2.05, 4.69) is 5.32 Å². The van der Waals surface area contributed by atoms with E-state index in [0.717, 1.165) is 21.2 Å². The molecule has 28 heavy (non-hydrogen) atoms. The number of hydrogen-bond donors (Lipinski definition) is 1. The van der Waals surface area contributed by atoms with Gasteiger partial charge in [-0.2, -0.15) is 0 Å². The minimum atomic E-state index is -0.754. The summed E-state index contributed by atoms with van der Waals surface area (Å²) in [6, 6.07) is 21.6. The molecule has 0 aliphatic carbocycles. The van der Waals surface area contributed by atoms with Crippen LogP contribution in [0.15, 0.2) is 90.5 Å². The summed E-state index contributed by atoms with van der Waals surface area (Å²) in [7, 11) is 0. The van der Waals surface area contributed by atoms with Gasteiger partial charge in [-0.3, -0.25) is 14.9 Å². The van der Waals surface area contributed by atoms with Crippen LogP contribution in [0.1, 0.15) is 5.56 Å². The van der Waals surface area contributed by atoms with Crippen LogP contribution in [0.3, 0.4) is 0 Å². The largest absolute Gasteiger partial charge is 0.335 e. The maximum atomic E-state index is 13.0. The van der Waals surface area contributed by atoms with Crippen LogP contribution in [-0.2, 0) is 9.59 Å². The lowest BCUT2D eigenvalue weighted by atomic mass is 10.1. The molecule has 136 valence electrons. The second-order valence-electron chi connectivity index (χ2n) is 6.25. The van der Waals surface area contributed by atoms with E-state index >= 15 is 0 Å². The number of amides is 4. The van der Waals surface area contributed by atoms with Gasteiger partial charge in [-0.05, 0) is 23.1 Å². The first-order valence-corrected chi connectivity index (χ1v) is 8.76. The lowest BCUT2D eigenvalue weighted by Gasteiger charge is -2.27. The minimum absolute atomic E-state index is 0.0975. The number of imide groups is 2. The Balaban J connectivity index is 1.72. The zero-order valence-electron chi connectivity index (χ0n) is 14.8. The summed E-state index contributed by atoms with van der Waals surface area (Å²) < 4.78 is 0. The molecular formula is C23H16N2O3. The summed E-state index contributed by atoms with van der Waals surface area (Å²) in [5.74, 6) is -1.35. The molecule has 0 unspecified atom stereocenters. The van der Waals surface area contributed by atoms with E-state index in [9.17, 15) is 14.4 Å². The Morgan fingerprint density at radius 2 is 1.50 bits per heavy atom. The quantitative estimate of drug-likeness (QED) is 0.560. The van der Waals surface area contributed by atoms with E-state index in [-0.39, 0.29) is 5.57 Å². The molecule has 1 heterocycles. The van der Waals surface area contributed by atoms with Crippen molar-refractivity contribution in [3.63, 3.8) is 0 Å². The highest BCUT2D eigenvalue weighted by Crippen LogP contribution is 2.29. The predicted octanol–water partition coefficient (Wildman–Crippen LogP) is 4.06. The molecule has 5 heteroatoms. The first kappa shape index (κ1) is 17.4. The van der Waals surface area contributed by atoms with Crippen LogP contribution >= 0.6 is 0 Å². The molecule has 3 aromatic carbocycles. The molecule has 0 aromatic heterocycles. The van der Waals surface area contributed by atoms with Crippen molar-refractivity contribution in [1.82, 2.24) is 5.32 Å². The molecule has 1 fully saturated rings. The SMILES string of the molecule is O=C1NC(=O)N(c2cccc3ccccc23)C(=O)/C1=C/C=C/c1ccccc1. The van der Waals surface area contributed by atoms with Gasteiger partial charge in [-0.15, -0.1) is 0 Å². The maximum Gasteiger partial charge on any atom is 0.335 e. The number of carbonyl (C=O) groups is 3. The standard InChI is InChI=1S/C23H16N2O3/c26-21-19(14-6-10-16-8-2-1-3-9-16)22(27)25(23(28)24-21)20-15-7-12-17-11-4-5-13-18(17)20/h1-15H,(H,24,26,28)/b10-6+,19-14+. The van der Waals surface area contributed by atoms with Gasteiger partial charge in [0.1, 0.15) is 5.57 Å². The molecule has 0 atom stereocenters. The maximum absolute atomic E-state index is 13.0. The summed E-state index contributed by atoms with van der Waals surface area (Å²) in [5.41, 5.74) is 1.27. The van der Waals surface area contributed by atoms with Crippen molar-refractivity contribution >= 4 is 40.4 Å². The zero-order chi connectivity index (χ0) is 19.5. The van der Waals surface area contributed by atoms with E-state index in [0.29, 0.717) is 5.69 Å². The number of rotatable bonds is 3. The van der Waals surface area contributed by atoms with E-state index < -0.39 is 17.8 Å². The first-order chi connectivity index (χ1) is 13.6. The molecule has 1 saturated heterocycles. The van der Waals surface area contributed by atoms with E-state index in [1.54, 1.807) is 24.3 Å². The van der Waals surface area contributed by atoms with Crippen molar-refractivity contribution in [2.75, 3.05) is 4.90 Å². The van der Waals surface area contributed by atoms with Gasteiger partial charge in [0.2, 0.25) is 0 Å². The highest BCUT2D eigenvalue weighted by atomic mass is 16.2. The van der Waals surface area contributed by atoms with Crippen molar-refractivity contribution in [1.29, 1.82) is 0 Å². The van der Waals surface area contributed by atoms with Crippen LogP contribution in [0.25, 0.3) is 16.8 Å². The number of allylic oxidation sites excluding steroid dienone is 2. The third kappa shape index (κ3) is 3.21. The zero-order valence-corrected chi connectivity index (χ0v) is 14.8. The number of benzene rings is 3. The van der Waals surface area contributed by atoms with Crippen LogP contribution < -0.4 is 10.2 Å². The Hall–Kier alpha value is -3.99. The third-order valence-corrected chi connectivity index (χ3v) is 4.46. The predicted molar refractivity (Wildman–Crippen MR) is 109 cm³/mol. The van der Waals surface area contributed by atoms with Crippen LogP contribution in [0, 0.1) is 0 Å². The Kier molecular flexibility index (Phi) is 4.56. The van der Waals surface area contributed by atoms with Gasteiger partial charge in [-0.25, -0.2) is 9.69 Å². The van der Waals surface area contributed by atoms with Gasteiger partial charge in [-0.1, -0.05) is 78.9 Å². The van der Waals surface area contributed by atoms with E-state index in [4.69, 9.17) is 0 Å². The molecular weight excluding hydrogens is 352 g/mol. The number of carbonyl (C=O) groups excluding carboxylic acids is 3. The number of urea groups is 1. The number of fused-ring (bicyclic) bond motifs is 1. The average Bonchev–Trinajstić information content (AvgIpc) is 2.71. The number of nitrogens with one attached hydrogen (secondary N) is 1. The number of barbiturate groups is 1. The topological polar surface area (TPSA) is 66.5 Å². The molecule has 0 radical (unpaired) electrons. The summed E-state index contributed by atoms with van der Waals surface area (Å²) in [4.78, 5) is 38.6. The van der Waals surface area contributed by atoms with E-state index in [1.165, 1.54) is 6.08 Å². The van der Waals surface area contributed by atoms with Gasteiger partial charge < -0.3 is 0 Å². The van der Waals surface area contributed by atoms with Crippen LogP contribution in [0.2, 0.25) is 0 Å². The van der Waals surface area contributed by atoms with Crippen LogP contribution in [0.5, 0.6) is 0 Å². The average molecular weight is 368 g/mol. The van der Waals surface area contributed by atoms with Crippen molar-refractivity contribution in [3.8, 4) is 0 Å². The molecule has 1 aliphatic heterocycles. The number of anilines is 1. The molecule has 4 rings (SSSR count). The molecule has 0 spiro atoms. The third-order valence-electron chi connectivity index (χ3n) is 4.46. The molecule has 0 bridgehead atoms. The van der Waals surface area contributed by atoms with Crippen molar-refractivity contribution in [3.05, 3.63) is 96.1 Å². The monoisotopic (exact) mass is 368 g/mol. The van der Waals surface area contributed by atoms with Crippen LogP contribution in [-0.4, -0.2) is 17.8 Å². The number of nitrogens with zero attached hydrogens (tertiary/aromatic N) is 1. The summed E-state index contributed by atoms with van der Waals surface area (Å²) in [6.45, 7) is 0. The molecule has 0 saturated carbocycles. The second kappa shape index (κ2) is 7.32. The Morgan fingerprint density at radius 3 is 2.32 bits per heavy atom. The van der Waals surface area contributed by atoms with Crippen molar-refractivity contribution in [2.45, 2.75) is 0 Å². The first-order valence-electron chi connectivity index (χ1n) is 8.76. The van der Waals surface area contributed by atoms with Crippen molar-refractivity contribution in [2.24, 2.45) is 0 Å². The summed E-state index contributed by atoms with van der Waals surface area (Å²) >= 11 is 0. The summed E-state index contributed by atoms with van der Waals surface area (Å²) in [6.07, 6.45) is 4.83. The summed E-state index contributed by atoms with van der Waals surface area (Å²) in [5, 5.41) is 3.89. The number of hydrogen-bond acceptors (Lipinski definition) is 3. The molecule has 1 N–H and O–H groups in total. The molecule has 1 aliphatic rings. The fourth-order valence-corrected chi connectivity index (χ4v) is 3.12. The van der Waals surface area contributed by atoms with Gasteiger partial charge >= 0.3 is 6.03 Å². The van der Waals surface area contributed by atoms with Crippen LogP contribution in [0.4, 0.5) is 10.5 Å². The van der Waals surface area contributed by atoms with Gasteiger partial charge in [0.25, 0.3) is 11.8 Å². The molecule has 5 nitrogen and oxygen atoms in total. The van der Waals surface area contributed by atoms with Crippen molar-refractivity contribution < 1.29 is 14.4 Å². The van der Waals surface area contributed by atoms with Gasteiger partial charge in [0, 0.05) is 5.39 Å². The Morgan fingerprint density at radius 1 is 0.786 bits per heavy atom. The fourth-order valence-electron chi connectivity index (χ4n) is 3.12. The van der Waals surface area contributed by atoms with E-state index in [1.807, 2.05) is 60.7 Å². The van der Waals surface area contributed by atoms with Gasteiger partial charge in [0.15, 0.2) is 0 Å². The van der Waals surface area contributed by atoms with Gasteiger partial charge in [0.05, 0.1) is 5.69 Å². The lowest BCUT2D eigenvalue weighted by molar-refractivity contribution is -0.122. The highest BCUT2D eigenvalue weighted by Gasteiger charge is 2.37. The Labute approximate surface area is 161 Å². The Bertz CT molecular complexity index is 1140. The fraction of sp³-hybridized carbons (Fsp3) is 0. The smallest absolute Gasteiger partial charge is 0.273 e. The highest BCUT2D eigenvalue weighted by molar-refractivity contribution is 6.38. The lowest BCUT2D eigenvalue weighted by Crippen LogP contribution is -2.54. The normalized spacial score (nSPS) is 16.2.